The molecule has 3 heteroatoms. The SMILES string of the molecule is CC[O][Pr][O]C. The second kappa shape index (κ2) is 6.28. The molecule has 0 aliphatic carbocycles. The standard InChI is InChI=1S/C2H5O.CH3O.Pr/c1-2-3;1-2;/h2H2,1H3;1H3;/q2*-1;+2. The van der Waals surface area contributed by atoms with Crippen molar-refractivity contribution in [1.29, 1.82) is 0 Å². The summed E-state index contributed by atoms with van der Waals surface area (Å²) >= 11 is -1.07. The number of hydrogen-bond acceptors (Lipinski definition) is 2. The maximum atomic E-state index is 4.97. The van der Waals surface area contributed by atoms with Crippen molar-refractivity contribution in [3.8, 4) is 0 Å². The van der Waals surface area contributed by atoms with Gasteiger partial charge in [0, 0.05) is 0 Å². The molecular formula is C3H8O2Pr. The zero-order valence-electron chi connectivity index (χ0n) is 4.10. The predicted molar refractivity (Wildman–Crippen MR) is 18.6 cm³/mol. The van der Waals surface area contributed by atoms with Crippen LogP contribution in [-0.4, -0.2) is 13.7 Å². The van der Waals surface area contributed by atoms with Gasteiger partial charge in [-0.3, -0.25) is 0 Å². The zero-order chi connectivity index (χ0) is 4.83. The van der Waals surface area contributed by atoms with Crippen LogP contribution in [0.25, 0.3) is 0 Å². The van der Waals surface area contributed by atoms with Gasteiger partial charge in [-0.15, -0.1) is 0 Å². The van der Waals surface area contributed by atoms with Crippen LogP contribution in [0.4, 0.5) is 0 Å². The van der Waals surface area contributed by atoms with E-state index in [-0.39, 0.29) is 0 Å². The molecular weight excluding hydrogens is 209 g/mol. The summed E-state index contributed by atoms with van der Waals surface area (Å²) in [7, 11) is 1.70. The van der Waals surface area contributed by atoms with Gasteiger partial charge in [-0.25, -0.2) is 0 Å². The van der Waals surface area contributed by atoms with Crippen molar-refractivity contribution in [2.24, 2.45) is 0 Å². The Morgan fingerprint density at radius 3 is 2.50 bits per heavy atom. The van der Waals surface area contributed by atoms with Gasteiger partial charge in [0.15, 0.2) is 0 Å². The van der Waals surface area contributed by atoms with E-state index in [1.807, 2.05) is 6.92 Å². The average molecular weight is 217 g/mol. The van der Waals surface area contributed by atoms with Gasteiger partial charge in [0.2, 0.25) is 0 Å². The Labute approximate surface area is 60.3 Å². The fourth-order valence-electron chi connectivity index (χ4n) is 0.136. The van der Waals surface area contributed by atoms with E-state index in [1.165, 1.54) is 0 Å². The summed E-state index contributed by atoms with van der Waals surface area (Å²) in [5, 5.41) is 0. The first-order valence-electron chi connectivity index (χ1n) is 1.88. The van der Waals surface area contributed by atoms with Gasteiger partial charge in [0.05, 0.1) is 0 Å². The molecule has 0 amide bonds. The van der Waals surface area contributed by atoms with E-state index in [1.54, 1.807) is 7.11 Å². The molecule has 0 heterocycles. The minimum absolute atomic E-state index is 0.823. The number of rotatable bonds is 3. The van der Waals surface area contributed by atoms with Crippen molar-refractivity contribution in [1.82, 2.24) is 0 Å². The molecule has 0 aliphatic rings. The molecule has 0 saturated carbocycles. The first-order chi connectivity index (χ1) is 2.91. The molecule has 6 heavy (non-hydrogen) atoms. The molecule has 0 aromatic heterocycles. The van der Waals surface area contributed by atoms with Crippen molar-refractivity contribution in [2.75, 3.05) is 13.7 Å². The molecule has 0 unspecified atom stereocenters. The van der Waals surface area contributed by atoms with Crippen molar-refractivity contribution in [2.45, 2.75) is 6.92 Å². The Kier molecular flexibility index (Phi) is 7.63. The van der Waals surface area contributed by atoms with Crippen LogP contribution >= 0.6 is 0 Å². The first-order valence-corrected chi connectivity index (χ1v) is 4.90. The average Bonchev–Trinajstić information content (AvgIpc) is 1.61. The van der Waals surface area contributed by atoms with Crippen LogP contribution in [0.5, 0.6) is 0 Å². The minimum atomic E-state index is -1.07. The summed E-state index contributed by atoms with van der Waals surface area (Å²) in [6.45, 7) is 2.80. The van der Waals surface area contributed by atoms with E-state index in [2.05, 4.69) is 0 Å². The van der Waals surface area contributed by atoms with Gasteiger partial charge in [0.25, 0.3) is 0 Å². The van der Waals surface area contributed by atoms with Crippen molar-refractivity contribution >= 4 is 0 Å². The Hall–Kier alpha value is 1.28. The van der Waals surface area contributed by atoms with Gasteiger partial charge < -0.3 is 0 Å². The third-order valence-electron chi connectivity index (χ3n) is 0.331. The van der Waals surface area contributed by atoms with E-state index in [0.717, 1.165) is 6.61 Å². The molecule has 0 aliphatic heterocycles. The molecule has 0 bridgehead atoms. The number of hydrogen-bond donors (Lipinski definition) is 0. The van der Waals surface area contributed by atoms with Gasteiger partial charge in [-0.05, 0) is 0 Å². The van der Waals surface area contributed by atoms with Crippen LogP contribution in [0.2, 0.25) is 0 Å². The fourth-order valence-corrected chi connectivity index (χ4v) is 1.01. The van der Waals surface area contributed by atoms with Crippen LogP contribution < -0.4 is 0 Å². The van der Waals surface area contributed by atoms with Gasteiger partial charge in [-0.1, -0.05) is 0 Å². The summed E-state index contributed by atoms with van der Waals surface area (Å²) in [5.74, 6) is 0. The van der Waals surface area contributed by atoms with Gasteiger partial charge >= 0.3 is 61.0 Å². The Morgan fingerprint density at radius 1 is 1.67 bits per heavy atom. The maximum absolute atomic E-state index is 4.97. The van der Waals surface area contributed by atoms with E-state index in [9.17, 15) is 0 Å². The third kappa shape index (κ3) is 5.28. The summed E-state index contributed by atoms with van der Waals surface area (Å²) < 4.78 is 9.74. The predicted octanol–water partition coefficient (Wildman–Crippen LogP) is 0.584. The van der Waals surface area contributed by atoms with Crippen molar-refractivity contribution in [3.63, 3.8) is 0 Å². The second-order valence-corrected chi connectivity index (χ2v) is 3.99. The molecule has 35 valence electrons. The molecule has 0 fully saturated rings. The van der Waals surface area contributed by atoms with Crippen LogP contribution in [0.1, 0.15) is 6.92 Å². The van der Waals surface area contributed by atoms with Crippen LogP contribution in [0.15, 0.2) is 0 Å². The van der Waals surface area contributed by atoms with Crippen LogP contribution in [-0.2, 0) is 2.02 Å². The monoisotopic (exact) mass is 217 g/mol. The van der Waals surface area contributed by atoms with Crippen molar-refractivity contribution < 1.29 is 40.3 Å². The topological polar surface area (TPSA) is 18.5 Å². The normalized spacial score (nSPS) is 7.67. The van der Waals surface area contributed by atoms with Crippen molar-refractivity contribution in [3.05, 3.63) is 0 Å². The first kappa shape index (κ1) is 7.28. The quantitative estimate of drug-likeness (QED) is 0.644. The molecule has 0 atom stereocenters. The summed E-state index contributed by atoms with van der Waals surface area (Å²) in [6, 6.07) is 0. The molecule has 0 spiro atoms. The Bertz CT molecular complexity index is 20.8. The Balaban J connectivity index is 2.34. The molecule has 0 radical (unpaired) electrons. The molecule has 0 rings (SSSR count). The second-order valence-electron chi connectivity index (χ2n) is 0.787. The van der Waals surface area contributed by atoms with E-state index < -0.39 is 38.3 Å². The van der Waals surface area contributed by atoms with E-state index in [0.29, 0.717) is 0 Å². The summed E-state index contributed by atoms with van der Waals surface area (Å²) in [5.41, 5.74) is 0. The van der Waals surface area contributed by atoms with Crippen LogP contribution in [0, 0.1) is 38.3 Å². The van der Waals surface area contributed by atoms with Crippen LogP contribution in [0.3, 0.4) is 0 Å². The summed E-state index contributed by atoms with van der Waals surface area (Å²) in [6.07, 6.45) is 0. The summed E-state index contributed by atoms with van der Waals surface area (Å²) in [4.78, 5) is 0. The fraction of sp³-hybridized carbons (Fsp3) is 1.00. The zero-order valence-corrected chi connectivity index (χ0v) is 7.81. The molecule has 0 N–H and O–H groups in total. The molecule has 0 saturated heterocycles. The molecule has 2 nitrogen and oxygen atoms in total. The van der Waals surface area contributed by atoms with Gasteiger partial charge in [-0.2, -0.15) is 0 Å². The molecule has 0 aromatic rings. The molecule has 0 aromatic carbocycles. The van der Waals surface area contributed by atoms with E-state index >= 15 is 0 Å². The van der Waals surface area contributed by atoms with Gasteiger partial charge in [0.1, 0.15) is 0 Å². The Morgan fingerprint density at radius 2 is 2.33 bits per heavy atom. The van der Waals surface area contributed by atoms with E-state index in [4.69, 9.17) is 2.02 Å². The third-order valence-corrected chi connectivity index (χ3v) is 2.45.